The molecule has 0 aromatic carbocycles. The summed E-state index contributed by atoms with van der Waals surface area (Å²) in [6.07, 6.45) is 4.97. The highest BCUT2D eigenvalue weighted by Gasteiger charge is 2.39. The molecule has 2 bridgehead atoms. The predicted molar refractivity (Wildman–Crippen MR) is 51.2 cm³/mol. The van der Waals surface area contributed by atoms with Crippen LogP contribution in [0.1, 0.15) is 25.7 Å². The molecule has 2 fully saturated rings. The van der Waals surface area contributed by atoms with Crippen molar-refractivity contribution in [1.82, 2.24) is 0 Å². The third-order valence-corrected chi connectivity index (χ3v) is 3.53. The SMILES string of the molecule is Cl.NC1[C@@H]2CC[C@H]1CC(CO)C2. The summed E-state index contributed by atoms with van der Waals surface area (Å²) < 4.78 is 0. The lowest BCUT2D eigenvalue weighted by molar-refractivity contribution is 0.142. The van der Waals surface area contributed by atoms with Gasteiger partial charge in [0.15, 0.2) is 0 Å². The van der Waals surface area contributed by atoms with Crippen LogP contribution in [0.15, 0.2) is 0 Å². The summed E-state index contributed by atoms with van der Waals surface area (Å²) in [7, 11) is 0. The lowest BCUT2D eigenvalue weighted by Gasteiger charge is -2.31. The Hall–Kier alpha value is 0.210. The second-order valence-corrected chi connectivity index (χ2v) is 4.19. The molecule has 12 heavy (non-hydrogen) atoms. The van der Waals surface area contributed by atoms with Gasteiger partial charge in [-0.2, -0.15) is 0 Å². The Bertz CT molecular complexity index is 139. The lowest BCUT2D eigenvalue weighted by Crippen LogP contribution is -2.38. The van der Waals surface area contributed by atoms with Gasteiger partial charge in [-0.25, -0.2) is 0 Å². The van der Waals surface area contributed by atoms with Crippen LogP contribution in [0.3, 0.4) is 0 Å². The van der Waals surface area contributed by atoms with E-state index in [-0.39, 0.29) is 12.4 Å². The van der Waals surface area contributed by atoms with Crippen molar-refractivity contribution < 1.29 is 5.11 Å². The highest BCUT2D eigenvalue weighted by atomic mass is 35.5. The Kier molecular flexibility index (Phi) is 3.38. The summed E-state index contributed by atoms with van der Waals surface area (Å²) in [5, 5.41) is 9.00. The van der Waals surface area contributed by atoms with Crippen molar-refractivity contribution in [2.45, 2.75) is 31.7 Å². The molecule has 2 unspecified atom stereocenters. The molecule has 0 aliphatic heterocycles. The van der Waals surface area contributed by atoms with E-state index in [0.29, 0.717) is 18.6 Å². The van der Waals surface area contributed by atoms with Crippen LogP contribution in [0.4, 0.5) is 0 Å². The van der Waals surface area contributed by atoms with Crippen molar-refractivity contribution >= 4 is 12.4 Å². The fraction of sp³-hybridized carbons (Fsp3) is 1.00. The smallest absolute Gasteiger partial charge is 0.0459 e. The van der Waals surface area contributed by atoms with Gasteiger partial charge in [0, 0.05) is 12.6 Å². The Morgan fingerprint density at radius 2 is 1.67 bits per heavy atom. The monoisotopic (exact) mass is 191 g/mol. The molecule has 2 nitrogen and oxygen atoms in total. The minimum atomic E-state index is 0. The van der Waals surface area contributed by atoms with E-state index in [9.17, 15) is 0 Å². The van der Waals surface area contributed by atoms with E-state index >= 15 is 0 Å². The van der Waals surface area contributed by atoms with Crippen molar-refractivity contribution in [3.8, 4) is 0 Å². The molecule has 0 saturated heterocycles. The van der Waals surface area contributed by atoms with E-state index in [1.54, 1.807) is 0 Å². The molecule has 0 aromatic heterocycles. The first-order chi connectivity index (χ1) is 5.31. The third kappa shape index (κ3) is 1.61. The van der Waals surface area contributed by atoms with Crippen molar-refractivity contribution in [1.29, 1.82) is 0 Å². The maximum atomic E-state index is 9.00. The second-order valence-electron chi connectivity index (χ2n) is 4.19. The Morgan fingerprint density at radius 3 is 2.08 bits per heavy atom. The zero-order chi connectivity index (χ0) is 7.84. The first kappa shape index (κ1) is 10.3. The zero-order valence-corrected chi connectivity index (χ0v) is 8.09. The number of aliphatic hydroxyl groups is 1. The Balaban J connectivity index is 0.000000720. The molecule has 4 atom stereocenters. The fourth-order valence-electron chi connectivity index (χ4n) is 2.85. The van der Waals surface area contributed by atoms with E-state index in [4.69, 9.17) is 10.8 Å². The molecule has 0 heterocycles. The minimum absolute atomic E-state index is 0. The van der Waals surface area contributed by atoms with Gasteiger partial charge >= 0.3 is 0 Å². The summed E-state index contributed by atoms with van der Waals surface area (Å²) in [6, 6.07) is 0.456. The van der Waals surface area contributed by atoms with Crippen LogP contribution in [0.2, 0.25) is 0 Å². The Labute approximate surface area is 79.9 Å². The molecule has 0 spiro atoms. The van der Waals surface area contributed by atoms with Crippen LogP contribution in [0, 0.1) is 17.8 Å². The molecule has 2 aliphatic carbocycles. The van der Waals surface area contributed by atoms with Gasteiger partial charge in [-0.1, -0.05) is 0 Å². The summed E-state index contributed by atoms with van der Waals surface area (Å²) in [5.74, 6) is 2.02. The summed E-state index contributed by atoms with van der Waals surface area (Å²) in [5.41, 5.74) is 6.02. The lowest BCUT2D eigenvalue weighted by atomic mass is 9.78. The van der Waals surface area contributed by atoms with Crippen LogP contribution in [0.5, 0.6) is 0 Å². The van der Waals surface area contributed by atoms with Gasteiger partial charge in [-0.15, -0.1) is 12.4 Å². The van der Waals surface area contributed by atoms with Gasteiger partial charge in [0.05, 0.1) is 0 Å². The molecular formula is C9H18ClNO. The Morgan fingerprint density at radius 1 is 1.17 bits per heavy atom. The standard InChI is InChI=1S/C9H17NO.ClH/c10-9-7-1-2-8(9)4-6(3-7)5-11;/h6-9,11H,1-5,10H2;1H/t6?,7-,8+,9?;. The van der Waals surface area contributed by atoms with Crippen molar-refractivity contribution in [2.75, 3.05) is 6.61 Å². The van der Waals surface area contributed by atoms with E-state index in [1.165, 1.54) is 25.7 Å². The van der Waals surface area contributed by atoms with E-state index < -0.39 is 0 Å². The van der Waals surface area contributed by atoms with Gasteiger partial charge in [0.25, 0.3) is 0 Å². The molecule has 2 aliphatic rings. The zero-order valence-electron chi connectivity index (χ0n) is 7.28. The van der Waals surface area contributed by atoms with Gasteiger partial charge in [-0.05, 0) is 43.4 Å². The summed E-state index contributed by atoms with van der Waals surface area (Å²) in [4.78, 5) is 0. The highest BCUT2D eigenvalue weighted by molar-refractivity contribution is 5.85. The largest absolute Gasteiger partial charge is 0.396 e. The number of nitrogens with two attached hydrogens (primary N) is 1. The van der Waals surface area contributed by atoms with Crippen LogP contribution in [-0.4, -0.2) is 17.8 Å². The third-order valence-electron chi connectivity index (χ3n) is 3.53. The molecule has 2 saturated carbocycles. The number of hydrogen-bond acceptors (Lipinski definition) is 2. The first-order valence-electron chi connectivity index (χ1n) is 4.67. The van der Waals surface area contributed by atoms with Gasteiger partial charge < -0.3 is 10.8 Å². The highest BCUT2D eigenvalue weighted by Crippen LogP contribution is 2.43. The minimum Gasteiger partial charge on any atom is -0.396 e. The van der Waals surface area contributed by atoms with Gasteiger partial charge in [0.2, 0.25) is 0 Å². The van der Waals surface area contributed by atoms with Crippen molar-refractivity contribution in [3.63, 3.8) is 0 Å². The number of fused-ring (bicyclic) bond motifs is 2. The molecule has 72 valence electrons. The molecule has 3 heteroatoms. The quantitative estimate of drug-likeness (QED) is 0.654. The molecule has 0 amide bonds. The van der Waals surface area contributed by atoms with Crippen molar-refractivity contribution in [2.24, 2.45) is 23.5 Å². The molecule has 2 rings (SSSR count). The van der Waals surface area contributed by atoms with E-state index in [1.807, 2.05) is 0 Å². The fourth-order valence-corrected chi connectivity index (χ4v) is 2.85. The van der Waals surface area contributed by atoms with Crippen molar-refractivity contribution in [3.05, 3.63) is 0 Å². The molecule has 0 aromatic rings. The number of hydrogen-bond donors (Lipinski definition) is 2. The number of halogens is 1. The second kappa shape index (κ2) is 3.95. The average Bonchev–Trinajstić information content (AvgIpc) is 2.26. The molecule has 3 N–H and O–H groups in total. The van der Waals surface area contributed by atoms with Crippen LogP contribution < -0.4 is 5.73 Å². The number of aliphatic hydroxyl groups excluding tert-OH is 1. The van der Waals surface area contributed by atoms with Crippen LogP contribution in [0.25, 0.3) is 0 Å². The van der Waals surface area contributed by atoms with E-state index in [0.717, 1.165) is 11.8 Å². The number of rotatable bonds is 1. The normalized spacial score (nSPS) is 45.5. The maximum Gasteiger partial charge on any atom is 0.0459 e. The summed E-state index contributed by atoms with van der Waals surface area (Å²) >= 11 is 0. The van der Waals surface area contributed by atoms with Crippen LogP contribution >= 0.6 is 12.4 Å². The van der Waals surface area contributed by atoms with Gasteiger partial charge in [0.1, 0.15) is 0 Å². The molecule has 0 radical (unpaired) electrons. The van der Waals surface area contributed by atoms with Gasteiger partial charge in [-0.3, -0.25) is 0 Å². The first-order valence-corrected chi connectivity index (χ1v) is 4.67. The predicted octanol–water partition coefficient (Wildman–Crippen LogP) is 1.16. The topological polar surface area (TPSA) is 46.2 Å². The average molecular weight is 192 g/mol. The van der Waals surface area contributed by atoms with E-state index in [2.05, 4.69) is 0 Å². The summed E-state index contributed by atoms with van der Waals surface area (Å²) in [6.45, 7) is 0.375. The molecular weight excluding hydrogens is 174 g/mol. The van der Waals surface area contributed by atoms with Crippen LogP contribution in [-0.2, 0) is 0 Å². The maximum absolute atomic E-state index is 9.00.